The molecular formula is C19H28N6O. The maximum Gasteiger partial charge on any atom is 0.222 e. The number of aromatic nitrogens is 2. The molecule has 0 radical (unpaired) electrons. The van der Waals surface area contributed by atoms with E-state index in [-0.39, 0.29) is 11.9 Å². The number of fused-ring (bicyclic) bond motifs is 1. The highest BCUT2D eigenvalue weighted by atomic mass is 16.2. The molecule has 1 fully saturated rings. The first-order valence-corrected chi connectivity index (χ1v) is 9.35. The number of guanidine groups is 1. The highest BCUT2D eigenvalue weighted by Gasteiger charge is 2.25. The molecule has 1 unspecified atom stereocenters. The number of amides is 1. The van der Waals surface area contributed by atoms with E-state index in [1.54, 1.807) is 0 Å². The molecule has 1 aromatic carbocycles. The molecule has 7 nitrogen and oxygen atoms in total. The van der Waals surface area contributed by atoms with Crippen LogP contribution in [-0.2, 0) is 18.4 Å². The van der Waals surface area contributed by atoms with Crippen molar-refractivity contribution in [1.29, 1.82) is 0 Å². The predicted molar refractivity (Wildman–Crippen MR) is 104 cm³/mol. The smallest absolute Gasteiger partial charge is 0.222 e. The largest absolute Gasteiger partial charge is 0.357 e. The van der Waals surface area contributed by atoms with E-state index >= 15 is 0 Å². The number of aryl methyl sites for hydroxylation is 1. The highest BCUT2D eigenvalue weighted by molar-refractivity contribution is 5.81. The molecule has 2 N–H and O–H groups in total. The number of nitrogens with one attached hydrogen (secondary N) is 2. The number of rotatable bonds is 5. The average molecular weight is 356 g/mol. The summed E-state index contributed by atoms with van der Waals surface area (Å²) in [5.41, 5.74) is 2.10. The van der Waals surface area contributed by atoms with Crippen molar-refractivity contribution in [2.45, 2.75) is 39.3 Å². The standard InChI is InChI=1S/C19H28N6O/c1-4-18(26)25-11-10-14(13-25)22-19(20-5-2)21-12-17-23-15-8-6-7-9-16(15)24(17)3/h6-9,14H,4-5,10-13H2,1-3H3,(H2,20,21,22). The molecule has 7 heteroatoms. The van der Waals surface area contributed by atoms with Gasteiger partial charge in [0.15, 0.2) is 5.96 Å². The number of nitrogens with zero attached hydrogens (tertiary/aromatic N) is 4. The molecular weight excluding hydrogens is 328 g/mol. The van der Waals surface area contributed by atoms with E-state index in [9.17, 15) is 4.79 Å². The van der Waals surface area contributed by atoms with Gasteiger partial charge in [0.1, 0.15) is 12.4 Å². The Morgan fingerprint density at radius 2 is 2.15 bits per heavy atom. The van der Waals surface area contributed by atoms with Gasteiger partial charge in [0.25, 0.3) is 0 Å². The Hall–Kier alpha value is -2.57. The van der Waals surface area contributed by atoms with Crippen molar-refractivity contribution in [3.8, 4) is 0 Å². The van der Waals surface area contributed by atoms with Crippen LogP contribution in [0.5, 0.6) is 0 Å². The summed E-state index contributed by atoms with van der Waals surface area (Å²) in [4.78, 5) is 23.1. The summed E-state index contributed by atoms with van der Waals surface area (Å²) in [6.45, 7) is 6.81. The fraction of sp³-hybridized carbons (Fsp3) is 0.526. The highest BCUT2D eigenvalue weighted by Crippen LogP contribution is 2.15. The van der Waals surface area contributed by atoms with E-state index in [0.717, 1.165) is 48.9 Å². The Labute approximate surface area is 154 Å². The van der Waals surface area contributed by atoms with E-state index in [1.807, 2.05) is 44.0 Å². The van der Waals surface area contributed by atoms with Crippen molar-refractivity contribution < 1.29 is 4.79 Å². The summed E-state index contributed by atoms with van der Waals surface area (Å²) in [7, 11) is 2.02. The molecule has 140 valence electrons. The maximum absolute atomic E-state index is 11.8. The number of hydrogen-bond acceptors (Lipinski definition) is 3. The Kier molecular flexibility index (Phi) is 5.75. The van der Waals surface area contributed by atoms with Crippen LogP contribution in [0.25, 0.3) is 11.0 Å². The minimum absolute atomic E-state index is 0.218. The molecule has 1 saturated heterocycles. The fourth-order valence-electron chi connectivity index (χ4n) is 3.33. The first-order valence-electron chi connectivity index (χ1n) is 9.35. The lowest BCUT2D eigenvalue weighted by Gasteiger charge is -2.18. The third-order valence-electron chi connectivity index (χ3n) is 4.79. The molecule has 1 amide bonds. The Bertz CT molecular complexity index is 796. The van der Waals surface area contributed by atoms with Crippen LogP contribution in [-0.4, -0.2) is 52.0 Å². The summed E-state index contributed by atoms with van der Waals surface area (Å²) in [6, 6.07) is 8.34. The number of para-hydroxylation sites is 2. The quantitative estimate of drug-likeness (QED) is 0.631. The predicted octanol–water partition coefficient (Wildman–Crippen LogP) is 1.64. The van der Waals surface area contributed by atoms with Crippen molar-refractivity contribution >= 4 is 22.9 Å². The topological polar surface area (TPSA) is 74.6 Å². The Morgan fingerprint density at radius 3 is 2.88 bits per heavy atom. The average Bonchev–Trinajstić information content (AvgIpc) is 3.24. The summed E-state index contributed by atoms with van der Waals surface area (Å²) >= 11 is 0. The molecule has 1 atom stereocenters. The van der Waals surface area contributed by atoms with Crippen molar-refractivity contribution in [2.75, 3.05) is 19.6 Å². The van der Waals surface area contributed by atoms with Gasteiger partial charge in [0, 0.05) is 39.1 Å². The van der Waals surface area contributed by atoms with Crippen LogP contribution in [0.2, 0.25) is 0 Å². The minimum atomic E-state index is 0.218. The van der Waals surface area contributed by atoms with Gasteiger partial charge in [-0.05, 0) is 25.5 Å². The molecule has 2 aromatic rings. The van der Waals surface area contributed by atoms with Gasteiger partial charge < -0.3 is 20.1 Å². The third-order valence-corrected chi connectivity index (χ3v) is 4.79. The molecule has 2 heterocycles. The lowest BCUT2D eigenvalue weighted by atomic mass is 10.3. The van der Waals surface area contributed by atoms with Gasteiger partial charge >= 0.3 is 0 Å². The Balaban J connectivity index is 1.67. The molecule has 3 rings (SSSR count). The monoisotopic (exact) mass is 356 g/mol. The lowest BCUT2D eigenvalue weighted by Crippen LogP contribution is -2.45. The first-order chi connectivity index (χ1) is 12.6. The molecule has 1 aliphatic heterocycles. The second-order valence-corrected chi connectivity index (χ2v) is 6.59. The first kappa shape index (κ1) is 18.2. The van der Waals surface area contributed by atoms with Crippen molar-refractivity contribution in [2.24, 2.45) is 12.0 Å². The van der Waals surface area contributed by atoms with Gasteiger partial charge in [-0.15, -0.1) is 0 Å². The number of likely N-dealkylation sites (tertiary alicyclic amines) is 1. The number of aliphatic imine (C=N–C) groups is 1. The molecule has 0 saturated carbocycles. The second-order valence-electron chi connectivity index (χ2n) is 6.59. The molecule has 26 heavy (non-hydrogen) atoms. The summed E-state index contributed by atoms with van der Waals surface area (Å²) in [5.74, 6) is 1.92. The van der Waals surface area contributed by atoms with Gasteiger partial charge in [0.2, 0.25) is 5.91 Å². The van der Waals surface area contributed by atoms with Crippen LogP contribution >= 0.6 is 0 Å². The molecule has 0 aliphatic carbocycles. The number of hydrogen-bond donors (Lipinski definition) is 2. The van der Waals surface area contributed by atoms with Crippen molar-refractivity contribution in [3.63, 3.8) is 0 Å². The van der Waals surface area contributed by atoms with Gasteiger partial charge in [-0.2, -0.15) is 0 Å². The zero-order valence-electron chi connectivity index (χ0n) is 15.8. The van der Waals surface area contributed by atoms with Crippen molar-refractivity contribution in [3.05, 3.63) is 30.1 Å². The zero-order chi connectivity index (χ0) is 18.5. The summed E-state index contributed by atoms with van der Waals surface area (Å²) in [5, 5.41) is 6.75. The van der Waals surface area contributed by atoms with Gasteiger partial charge in [-0.1, -0.05) is 19.1 Å². The number of carbonyl (C=O) groups excluding carboxylic acids is 1. The van der Waals surface area contributed by atoms with Gasteiger partial charge in [-0.3, -0.25) is 4.79 Å². The lowest BCUT2D eigenvalue weighted by molar-refractivity contribution is -0.129. The Morgan fingerprint density at radius 1 is 1.35 bits per heavy atom. The van der Waals surface area contributed by atoms with Crippen LogP contribution in [0.15, 0.2) is 29.3 Å². The second kappa shape index (κ2) is 8.21. The normalized spacial score (nSPS) is 17.7. The van der Waals surface area contributed by atoms with Gasteiger partial charge in [-0.25, -0.2) is 9.98 Å². The van der Waals surface area contributed by atoms with Crippen LogP contribution in [0.4, 0.5) is 0 Å². The number of benzene rings is 1. The number of carbonyl (C=O) groups is 1. The zero-order valence-corrected chi connectivity index (χ0v) is 15.8. The molecule has 1 aliphatic rings. The summed E-state index contributed by atoms with van der Waals surface area (Å²) in [6.07, 6.45) is 1.51. The molecule has 0 spiro atoms. The van der Waals surface area contributed by atoms with Crippen LogP contribution < -0.4 is 10.6 Å². The SMILES string of the molecule is CCNC(=NCc1nc2ccccc2n1C)NC1CCN(C(=O)CC)C1. The maximum atomic E-state index is 11.8. The van der Waals surface area contributed by atoms with E-state index < -0.39 is 0 Å². The van der Waals surface area contributed by atoms with Crippen molar-refractivity contribution in [1.82, 2.24) is 25.1 Å². The minimum Gasteiger partial charge on any atom is -0.357 e. The van der Waals surface area contributed by atoms with Gasteiger partial charge in [0.05, 0.1) is 11.0 Å². The van der Waals surface area contributed by atoms with E-state index in [2.05, 4.69) is 26.3 Å². The molecule has 1 aromatic heterocycles. The van der Waals surface area contributed by atoms with Crippen LogP contribution in [0.3, 0.4) is 0 Å². The number of imidazole rings is 1. The van der Waals surface area contributed by atoms with E-state index in [1.165, 1.54) is 0 Å². The summed E-state index contributed by atoms with van der Waals surface area (Å²) < 4.78 is 2.08. The van der Waals surface area contributed by atoms with E-state index in [4.69, 9.17) is 4.99 Å². The third kappa shape index (κ3) is 3.98. The van der Waals surface area contributed by atoms with Crippen LogP contribution in [0, 0.1) is 0 Å². The van der Waals surface area contributed by atoms with Crippen LogP contribution in [0.1, 0.15) is 32.5 Å². The fourth-order valence-corrected chi connectivity index (χ4v) is 3.33. The molecule has 0 bridgehead atoms. The van der Waals surface area contributed by atoms with E-state index in [0.29, 0.717) is 13.0 Å².